The van der Waals surface area contributed by atoms with Crippen molar-refractivity contribution in [2.45, 2.75) is 45.5 Å². The zero-order chi connectivity index (χ0) is 14.0. The Balaban J connectivity index is 2.27. The molecule has 0 aliphatic carbocycles. The SMILES string of the molecule is CC(C)(C)[C@H](O)CN[C@@H]1CCN(CC(F)(F)F)C1. The van der Waals surface area contributed by atoms with Gasteiger partial charge in [0.2, 0.25) is 0 Å². The Morgan fingerprint density at radius 3 is 2.44 bits per heavy atom. The van der Waals surface area contributed by atoms with Gasteiger partial charge < -0.3 is 10.4 Å². The van der Waals surface area contributed by atoms with Gasteiger partial charge in [-0.3, -0.25) is 4.90 Å². The number of halogens is 3. The van der Waals surface area contributed by atoms with Crippen molar-refractivity contribution in [1.29, 1.82) is 0 Å². The molecule has 1 saturated heterocycles. The van der Waals surface area contributed by atoms with E-state index in [1.807, 2.05) is 20.8 Å². The van der Waals surface area contributed by atoms with Gasteiger partial charge >= 0.3 is 6.18 Å². The number of rotatable bonds is 4. The van der Waals surface area contributed by atoms with E-state index < -0.39 is 18.8 Å². The Morgan fingerprint density at radius 1 is 1.33 bits per heavy atom. The lowest BCUT2D eigenvalue weighted by atomic mass is 9.89. The van der Waals surface area contributed by atoms with Gasteiger partial charge in [0.25, 0.3) is 0 Å². The van der Waals surface area contributed by atoms with Crippen molar-refractivity contribution in [2.24, 2.45) is 5.41 Å². The molecule has 6 heteroatoms. The third-order valence-electron chi connectivity index (χ3n) is 3.27. The van der Waals surface area contributed by atoms with Crippen molar-refractivity contribution >= 4 is 0 Å². The highest BCUT2D eigenvalue weighted by Gasteiger charge is 2.34. The first-order chi connectivity index (χ1) is 8.08. The van der Waals surface area contributed by atoms with Crippen LogP contribution < -0.4 is 5.32 Å². The summed E-state index contributed by atoms with van der Waals surface area (Å²) < 4.78 is 36.6. The number of aliphatic hydroxyl groups excluding tert-OH is 1. The first-order valence-corrected chi connectivity index (χ1v) is 6.28. The minimum absolute atomic E-state index is 0.0457. The molecule has 2 atom stereocenters. The van der Waals surface area contributed by atoms with Crippen molar-refractivity contribution in [3.63, 3.8) is 0 Å². The maximum absolute atomic E-state index is 12.2. The first kappa shape index (κ1) is 15.7. The summed E-state index contributed by atoms with van der Waals surface area (Å²) in [5.74, 6) is 0. The number of hydrogen-bond donors (Lipinski definition) is 2. The summed E-state index contributed by atoms with van der Waals surface area (Å²) in [6, 6.07) is 0.0457. The standard InChI is InChI=1S/C12H23F3N2O/c1-11(2,3)10(18)6-16-9-4-5-17(7-9)8-12(13,14)15/h9-10,16,18H,4-8H2,1-3H3/t9-,10-/m1/s1. The smallest absolute Gasteiger partial charge is 0.391 e. The van der Waals surface area contributed by atoms with Crippen molar-refractivity contribution in [2.75, 3.05) is 26.2 Å². The van der Waals surface area contributed by atoms with E-state index in [4.69, 9.17) is 0 Å². The molecule has 1 aliphatic heterocycles. The fourth-order valence-corrected chi connectivity index (χ4v) is 1.98. The highest BCUT2D eigenvalue weighted by atomic mass is 19.4. The average molecular weight is 268 g/mol. The van der Waals surface area contributed by atoms with E-state index in [0.29, 0.717) is 26.1 Å². The molecule has 0 aromatic heterocycles. The molecular formula is C12H23F3N2O. The van der Waals surface area contributed by atoms with Gasteiger partial charge in [-0.05, 0) is 11.8 Å². The molecule has 1 fully saturated rings. The van der Waals surface area contributed by atoms with Crippen molar-refractivity contribution in [1.82, 2.24) is 10.2 Å². The first-order valence-electron chi connectivity index (χ1n) is 6.28. The molecule has 2 N–H and O–H groups in total. The van der Waals surface area contributed by atoms with Gasteiger partial charge in [-0.2, -0.15) is 13.2 Å². The lowest BCUT2D eigenvalue weighted by Crippen LogP contribution is -2.42. The van der Waals surface area contributed by atoms with Crippen LogP contribution in [-0.4, -0.2) is 54.5 Å². The van der Waals surface area contributed by atoms with Crippen LogP contribution in [0, 0.1) is 5.41 Å². The molecule has 1 rings (SSSR count). The summed E-state index contributed by atoms with van der Waals surface area (Å²) in [7, 11) is 0. The minimum atomic E-state index is -4.13. The van der Waals surface area contributed by atoms with Crippen LogP contribution in [0.25, 0.3) is 0 Å². The van der Waals surface area contributed by atoms with Gasteiger partial charge in [-0.1, -0.05) is 20.8 Å². The van der Waals surface area contributed by atoms with E-state index in [2.05, 4.69) is 5.32 Å². The molecule has 0 amide bonds. The predicted molar refractivity (Wildman–Crippen MR) is 64.4 cm³/mol. The van der Waals surface area contributed by atoms with Crippen molar-refractivity contribution in [3.8, 4) is 0 Å². The lowest BCUT2D eigenvalue weighted by Gasteiger charge is -2.27. The molecule has 0 bridgehead atoms. The van der Waals surface area contributed by atoms with Gasteiger partial charge in [0, 0.05) is 25.7 Å². The fraction of sp³-hybridized carbons (Fsp3) is 1.00. The third-order valence-corrected chi connectivity index (χ3v) is 3.27. The summed E-state index contributed by atoms with van der Waals surface area (Å²) in [5, 5.41) is 13.0. The second-order valence-electron chi connectivity index (χ2n) is 6.13. The van der Waals surface area contributed by atoms with E-state index in [-0.39, 0.29) is 11.5 Å². The Hall–Kier alpha value is -0.330. The quantitative estimate of drug-likeness (QED) is 0.813. The van der Waals surface area contributed by atoms with Crippen LogP contribution in [0.3, 0.4) is 0 Å². The number of aliphatic hydroxyl groups is 1. The van der Waals surface area contributed by atoms with Crippen LogP contribution >= 0.6 is 0 Å². The topological polar surface area (TPSA) is 35.5 Å². The van der Waals surface area contributed by atoms with Crippen LogP contribution in [-0.2, 0) is 0 Å². The number of nitrogens with zero attached hydrogens (tertiary/aromatic N) is 1. The lowest BCUT2D eigenvalue weighted by molar-refractivity contribution is -0.143. The van der Waals surface area contributed by atoms with Gasteiger partial charge in [0.1, 0.15) is 0 Å². The van der Waals surface area contributed by atoms with Gasteiger partial charge in [0.15, 0.2) is 0 Å². The number of nitrogens with one attached hydrogen (secondary N) is 1. The molecule has 1 heterocycles. The average Bonchev–Trinajstić information content (AvgIpc) is 2.57. The molecule has 0 radical (unpaired) electrons. The van der Waals surface area contributed by atoms with Crippen LogP contribution in [0.1, 0.15) is 27.2 Å². The maximum Gasteiger partial charge on any atom is 0.401 e. The zero-order valence-electron chi connectivity index (χ0n) is 11.2. The molecule has 0 aromatic carbocycles. The number of likely N-dealkylation sites (tertiary alicyclic amines) is 1. The summed E-state index contributed by atoms with van der Waals surface area (Å²) in [6.07, 6.45) is -3.92. The number of alkyl halides is 3. The van der Waals surface area contributed by atoms with E-state index >= 15 is 0 Å². The second-order valence-corrected chi connectivity index (χ2v) is 6.13. The third kappa shape index (κ3) is 5.54. The Morgan fingerprint density at radius 2 is 1.94 bits per heavy atom. The summed E-state index contributed by atoms with van der Waals surface area (Å²) in [5.41, 5.74) is -0.211. The van der Waals surface area contributed by atoms with Crippen molar-refractivity contribution in [3.05, 3.63) is 0 Å². The monoisotopic (exact) mass is 268 g/mol. The van der Waals surface area contributed by atoms with Crippen LogP contribution in [0.15, 0.2) is 0 Å². The van der Waals surface area contributed by atoms with Gasteiger partial charge in [0.05, 0.1) is 12.6 Å². The van der Waals surface area contributed by atoms with Crippen LogP contribution in [0.2, 0.25) is 0 Å². The molecule has 1 aliphatic rings. The summed E-state index contributed by atoms with van der Waals surface area (Å²) in [4.78, 5) is 1.40. The van der Waals surface area contributed by atoms with E-state index in [9.17, 15) is 18.3 Å². The molecule has 18 heavy (non-hydrogen) atoms. The van der Waals surface area contributed by atoms with Crippen molar-refractivity contribution < 1.29 is 18.3 Å². The Kier molecular flexibility index (Phi) is 5.03. The van der Waals surface area contributed by atoms with Crippen LogP contribution in [0.4, 0.5) is 13.2 Å². The van der Waals surface area contributed by atoms with E-state index in [0.717, 1.165) is 0 Å². The van der Waals surface area contributed by atoms with E-state index in [1.54, 1.807) is 0 Å². The number of hydrogen-bond acceptors (Lipinski definition) is 3. The summed E-state index contributed by atoms with van der Waals surface area (Å²) in [6.45, 7) is 6.25. The maximum atomic E-state index is 12.2. The largest absolute Gasteiger partial charge is 0.401 e. The molecule has 108 valence electrons. The normalized spacial score (nSPS) is 24.5. The zero-order valence-corrected chi connectivity index (χ0v) is 11.2. The molecular weight excluding hydrogens is 245 g/mol. The molecule has 0 saturated carbocycles. The molecule has 0 unspecified atom stereocenters. The summed E-state index contributed by atoms with van der Waals surface area (Å²) >= 11 is 0. The predicted octanol–water partition coefficient (Wildman–Crippen LogP) is 1.62. The van der Waals surface area contributed by atoms with E-state index in [1.165, 1.54) is 4.90 Å². The second kappa shape index (κ2) is 5.75. The Bertz CT molecular complexity index is 263. The fourth-order valence-electron chi connectivity index (χ4n) is 1.98. The van der Waals surface area contributed by atoms with Gasteiger partial charge in [-0.15, -0.1) is 0 Å². The molecule has 0 spiro atoms. The highest BCUT2D eigenvalue weighted by molar-refractivity contribution is 4.84. The molecule has 3 nitrogen and oxygen atoms in total. The van der Waals surface area contributed by atoms with Crippen LogP contribution in [0.5, 0.6) is 0 Å². The Labute approximate surface area is 106 Å². The minimum Gasteiger partial charge on any atom is -0.391 e. The highest BCUT2D eigenvalue weighted by Crippen LogP contribution is 2.21. The van der Waals surface area contributed by atoms with Gasteiger partial charge in [-0.25, -0.2) is 0 Å². The molecule has 0 aromatic rings.